The minimum absolute atomic E-state index is 0.0490. The Kier molecular flexibility index (Phi) is 6.85. The SMILES string of the molecule is CCOc1ccccc1N(Cc1ccc(C(=O)NC(C)C)cc1)S(C)(=O)=O. The molecule has 0 unspecified atom stereocenters. The third-order valence-electron chi connectivity index (χ3n) is 3.80. The fraction of sp³-hybridized carbons (Fsp3) is 0.350. The van der Waals surface area contributed by atoms with Gasteiger partial charge in [-0.1, -0.05) is 24.3 Å². The second-order valence-corrected chi connectivity index (χ2v) is 8.40. The van der Waals surface area contributed by atoms with E-state index in [1.165, 1.54) is 10.6 Å². The third-order valence-corrected chi connectivity index (χ3v) is 4.92. The first-order chi connectivity index (χ1) is 12.7. The number of rotatable bonds is 8. The van der Waals surface area contributed by atoms with Crippen molar-refractivity contribution in [3.63, 3.8) is 0 Å². The molecule has 0 atom stereocenters. The molecule has 2 rings (SSSR count). The van der Waals surface area contributed by atoms with Gasteiger partial charge in [-0.05, 0) is 50.6 Å². The van der Waals surface area contributed by atoms with E-state index in [1.54, 1.807) is 48.5 Å². The second kappa shape index (κ2) is 8.90. The van der Waals surface area contributed by atoms with Crippen LogP contribution >= 0.6 is 0 Å². The zero-order chi connectivity index (χ0) is 20.0. The van der Waals surface area contributed by atoms with Gasteiger partial charge in [0.15, 0.2) is 0 Å². The summed E-state index contributed by atoms with van der Waals surface area (Å²) in [4.78, 5) is 12.1. The summed E-state index contributed by atoms with van der Waals surface area (Å²) in [6.45, 7) is 6.23. The average Bonchev–Trinajstić information content (AvgIpc) is 2.59. The van der Waals surface area contributed by atoms with E-state index < -0.39 is 10.0 Å². The number of carbonyl (C=O) groups is 1. The van der Waals surface area contributed by atoms with E-state index in [0.717, 1.165) is 5.56 Å². The standard InChI is InChI=1S/C20H26N2O4S/c1-5-26-19-9-7-6-8-18(19)22(27(4,24)25)14-16-10-12-17(13-11-16)20(23)21-15(2)3/h6-13,15H,5,14H2,1-4H3,(H,21,23). The summed E-state index contributed by atoms with van der Waals surface area (Å²) < 4.78 is 31.7. The molecule has 1 amide bonds. The Balaban J connectivity index is 2.29. The van der Waals surface area contributed by atoms with Crippen LogP contribution in [0.25, 0.3) is 0 Å². The number of nitrogens with one attached hydrogen (secondary N) is 1. The number of hydrogen-bond donors (Lipinski definition) is 1. The highest BCUT2D eigenvalue weighted by Crippen LogP contribution is 2.31. The molecule has 2 aromatic rings. The van der Waals surface area contributed by atoms with Gasteiger partial charge in [0.25, 0.3) is 5.91 Å². The molecule has 0 aliphatic carbocycles. The van der Waals surface area contributed by atoms with E-state index >= 15 is 0 Å². The fourth-order valence-electron chi connectivity index (χ4n) is 2.59. The molecule has 1 N–H and O–H groups in total. The van der Waals surface area contributed by atoms with Crippen LogP contribution in [-0.2, 0) is 16.6 Å². The van der Waals surface area contributed by atoms with Crippen LogP contribution in [0.15, 0.2) is 48.5 Å². The quantitative estimate of drug-likeness (QED) is 0.751. The molecular weight excluding hydrogens is 364 g/mol. The number of benzene rings is 2. The molecule has 0 aliphatic rings. The van der Waals surface area contributed by atoms with Crippen molar-refractivity contribution >= 4 is 21.6 Å². The number of hydrogen-bond acceptors (Lipinski definition) is 4. The lowest BCUT2D eigenvalue weighted by atomic mass is 10.1. The van der Waals surface area contributed by atoms with Crippen molar-refractivity contribution in [2.75, 3.05) is 17.2 Å². The lowest BCUT2D eigenvalue weighted by Gasteiger charge is -2.24. The summed E-state index contributed by atoms with van der Waals surface area (Å²) in [5.41, 5.74) is 1.80. The highest BCUT2D eigenvalue weighted by atomic mass is 32.2. The van der Waals surface area contributed by atoms with E-state index in [9.17, 15) is 13.2 Å². The molecule has 0 heterocycles. The maximum atomic E-state index is 12.4. The molecule has 0 fully saturated rings. The zero-order valence-corrected chi connectivity index (χ0v) is 16.9. The maximum Gasteiger partial charge on any atom is 0.251 e. The minimum Gasteiger partial charge on any atom is -0.492 e. The topological polar surface area (TPSA) is 75.7 Å². The van der Waals surface area contributed by atoms with Gasteiger partial charge < -0.3 is 10.1 Å². The van der Waals surface area contributed by atoms with Crippen LogP contribution in [0.2, 0.25) is 0 Å². The van der Waals surface area contributed by atoms with Gasteiger partial charge in [-0.2, -0.15) is 0 Å². The molecule has 0 radical (unpaired) electrons. The van der Waals surface area contributed by atoms with E-state index in [-0.39, 0.29) is 18.5 Å². The number of ether oxygens (including phenoxy) is 1. The molecule has 0 saturated heterocycles. The highest BCUT2D eigenvalue weighted by Gasteiger charge is 2.21. The zero-order valence-electron chi connectivity index (χ0n) is 16.1. The molecule has 0 aromatic heterocycles. The number of sulfonamides is 1. The van der Waals surface area contributed by atoms with Crippen LogP contribution in [0.5, 0.6) is 5.75 Å². The summed E-state index contributed by atoms with van der Waals surface area (Å²) in [5.74, 6) is 0.358. The van der Waals surface area contributed by atoms with Crippen molar-refractivity contribution in [3.05, 3.63) is 59.7 Å². The van der Waals surface area contributed by atoms with Crippen LogP contribution in [0.1, 0.15) is 36.7 Å². The van der Waals surface area contributed by atoms with E-state index in [1.807, 2.05) is 20.8 Å². The van der Waals surface area contributed by atoms with Crippen LogP contribution in [0.4, 0.5) is 5.69 Å². The summed E-state index contributed by atoms with van der Waals surface area (Å²) in [6.07, 6.45) is 1.17. The number of anilines is 1. The predicted octanol–water partition coefficient (Wildman–Crippen LogP) is 3.19. The van der Waals surface area contributed by atoms with E-state index in [2.05, 4.69) is 5.32 Å². The Morgan fingerprint density at radius 2 is 1.74 bits per heavy atom. The molecule has 27 heavy (non-hydrogen) atoms. The molecule has 0 saturated carbocycles. The van der Waals surface area contributed by atoms with Crippen molar-refractivity contribution in [2.45, 2.75) is 33.4 Å². The van der Waals surface area contributed by atoms with Gasteiger partial charge in [-0.15, -0.1) is 0 Å². The molecule has 6 nitrogen and oxygen atoms in total. The Morgan fingerprint density at radius 1 is 1.11 bits per heavy atom. The Morgan fingerprint density at radius 3 is 2.30 bits per heavy atom. The van der Waals surface area contributed by atoms with Gasteiger partial charge >= 0.3 is 0 Å². The number of amides is 1. The molecule has 7 heteroatoms. The van der Waals surface area contributed by atoms with Crippen molar-refractivity contribution in [2.24, 2.45) is 0 Å². The smallest absolute Gasteiger partial charge is 0.251 e. The first-order valence-electron chi connectivity index (χ1n) is 8.81. The molecule has 0 spiro atoms. The van der Waals surface area contributed by atoms with Crippen LogP contribution in [0, 0.1) is 0 Å². The van der Waals surface area contributed by atoms with Gasteiger partial charge in [0.2, 0.25) is 10.0 Å². The molecular formula is C20H26N2O4S. The lowest BCUT2D eigenvalue weighted by molar-refractivity contribution is 0.0943. The van der Waals surface area contributed by atoms with Crippen LogP contribution < -0.4 is 14.4 Å². The van der Waals surface area contributed by atoms with Gasteiger partial charge in [0, 0.05) is 11.6 Å². The molecule has 0 aliphatic heterocycles. The fourth-order valence-corrected chi connectivity index (χ4v) is 3.49. The first-order valence-corrected chi connectivity index (χ1v) is 10.7. The van der Waals surface area contributed by atoms with Gasteiger partial charge in [-0.25, -0.2) is 8.42 Å². The second-order valence-electron chi connectivity index (χ2n) is 6.50. The summed E-state index contributed by atoms with van der Waals surface area (Å²) in [5, 5.41) is 2.83. The number of para-hydroxylation sites is 2. The number of carbonyl (C=O) groups excluding carboxylic acids is 1. The average molecular weight is 391 g/mol. The van der Waals surface area contributed by atoms with Crippen molar-refractivity contribution in [1.29, 1.82) is 0 Å². The Labute approximate surface area is 161 Å². The largest absolute Gasteiger partial charge is 0.492 e. The van der Waals surface area contributed by atoms with E-state index in [0.29, 0.717) is 23.6 Å². The minimum atomic E-state index is -3.53. The van der Waals surface area contributed by atoms with Gasteiger partial charge in [0.05, 0.1) is 25.1 Å². The van der Waals surface area contributed by atoms with Gasteiger partial charge in [-0.3, -0.25) is 9.10 Å². The molecule has 2 aromatic carbocycles. The monoisotopic (exact) mass is 390 g/mol. The maximum absolute atomic E-state index is 12.4. The van der Waals surface area contributed by atoms with Gasteiger partial charge in [0.1, 0.15) is 5.75 Å². The Hall–Kier alpha value is -2.54. The van der Waals surface area contributed by atoms with Crippen molar-refractivity contribution in [1.82, 2.24) is 5.32 Å². The lowest BCUT2D eigenvalue weighted by Crippen LogP contribution is -2.30. The summed E-state index contributed by atoms with van der Waals surface area (Å²) >= 11 is 0. The first kappa shape index (κ1) is 20.8. The molecule has 146 valence electrons. The normalized spacial score (nSPS) is 11.3. The highest BCUT2D eigenvalue weighted by molar-refractivity contribution is 7.92. The van der Waals surface area contributed by atoms with E-state index in [4.69, 9.17) is 4.74 Å². The van der Waals surface area contributed by atoms with Crippen molar-refractivity contribution in [3.8, 4) is 5.75 Å². The molecule has 0 bridgehead atoms. The van der Waals surface area contributed by atoms with Crippen LogP contribution in [-0.4, -0.2) is 33.2 Å². The summed E-state index contributed by atoms with van der Waals surface area (Å²) in [7, 11) is -3.53. The Bertz CT molecular complexity index is 877. The van der Waals surface area contributed by atoms with Crippen molar-refractivity contribution < 1.29 is 17.9 Å². The van der Waals surface area contributed by atoms with Crippen LogP contribution in [0.3, 0.4) is 0 Å². The third kappa shape index (κ3) is 5.72. The summed E-state index contributed by atoms with van der Waals surface area (Å²) in [6, 6.07) is 14.0. The predicted molar refractivity (Wildman–Crippen MR) is 108 cm³/mol. The number of nitrogens with zero attached hydrogens (tertiary/aromatic N) is 1.